The molecule has 1 fully saturated rings. The van der Waals surface area contributed by atoms with Crippen LogP contribution in [0.3, 0.4) is 0 Å². The Morgan fingerprint density at radius 2 is 1.44 bits per heavy atom. The average Bonchev–Trinajstić information content (AvgIpc) is 2.95. The molecule has 1 aliphatic rings. The first kappa shape index (κ1) is 27.7. The van der Waals surface area contributed by atoms with Gasteiger partial charge in [0.25, 0.3) is 5.88 Å². The standard InChI is InChI=1S/C29H34N4O6/c1-19(2)37-29(34)33-16-14-25(15-17-33)38-27-20(3)28(31-18-30-27)39-32-26(21-6-10-23(35-4)11-7-21)22-8-12-24(36-5)13-9-22/h6-13,18-19,25H,14-17H2,1-5H3. The number of carbonyl (C=O) groups excluding carboxylic acids is 1. The maximum atomic E-state index is 12.2. The summed E-state index contributed by atoms with van der Waals surface area (Å²) in [5.74, 6) is 2.20. The number of methoxy groups -OCH3 is 2. The van der Waals surface area contributed by atoms with Gasteiger partial charge in [0.2, 0.25) is 5.88 Å². The zero-order valence-electron chi connectivity index (χ0n) is 22.9. The predicted molar refractivity (Wildman–Crippen MR) is 146 cm³/mol. The molecule has 39 heavy (non-hydrogen) atoms. The minimum Gasteiger partial charge on any atom is -0.497 e. The molecule has 4 rings (SSSR count). The van der Waals surface area contributed by atoms with Gasteiger partial charge < -0.3 is 28.7 Å². The molecule has 2 aromatic carbocycles. The number of ether oxygens (including phenoxy) is 4. The normalized spacial score (nSPS) is 13.5. The van der Waals surface area contributed by atoms with Crippen molar-refractivity contribution in [2.45, 2.75) is 45.8 Å². The lowest BCUT2D eigenvalue weighted by atomic mass is 10.0. The summed E-state index contributed by atoms with van der Waals surface area (Å²) >= 11 is 0. The highest BCUT2D eigenvalue weighted by Gasteiger charge is 2.26. The zero-order valence-corrected chi connectivity index (χ0v) is 22.9. The van der Waals surface area contributed by atoms with Gasteiger partial charge in [0.1, 0.15) is 29.6 Å². The molecule has 1 amide bonds. The van der Waals surface area contributed by atoms with Crippen LogP contribution in [0.5, 0.6) is 23.3 Å². The Hall–Kier alpha value is -4.34. The van der Waals surface area contributed by atoms with Crippen LogP contribution in [0, 0.1) is 6.92 Å². The number of amides is 1. The topological polar surface area (TPSA) is 105 Å². The van der Waals surface area contributed by atoms with Gasteiger partial charge in [0.05, 0.1) is 25.9 Å². The smallest absolute Gasteiger partial charge is 0.410 e. The van der Waals surface area contributed by atoms with Gasteiger partial charge in [0, 0.05) is 37.1 Å². The highest BCUT2D eigenvalue weighted by molar-refractivity contribution is 6.12. The largest absolute Gasteiger partial charge is 0.497 e. The lowest BCUT2D eigenvalue weighted by Gasteiger charge is -2.31. The van der Waals surface area contributed by atoms with Crippen LogP contribution in [0.15, 0.2) is 60.0 Å². The number of hydrogen-bond donors (Lipinski definition) is 0. The summed E-state index contributed by atoms with van der Waals surface area (Å²) in [7, 11) is 3.25. The fourth-order valence-corrected chi connectivity index (χ4v) is 4.08. The Bertz CT molecular complexity index is 1220. The summed E-state index contributed by atoms with van der Waals surface area (Å²) in [6.45, 7) is 6.62. The number of hydrogen-bond acceptors (Lipinski definition) is 9. The number of aromatic nitrogens is 2. The van der Waals surface area contributed by atoms with Crippen molar-refractivity contribution in [1.82, 2.24) is 14.9 Å². The van der Waals surface area contributed by atoms with E-state index < -0.39 is 0 Å². The van der Waals surface area contributed by atoms with Crippen molar-refractivity contribution in [1.29, 1.82) is 0 Å². The molecule has 1 saturated heterocycles. The number of rotatable bonds is 9. The second-order valence-electron chi connectivity index (χ2n) is 9.33. The van der Waals surface area contributed by atoms with Gasteiger partial charge in [-0.2, -0.15) is 4.98 Å². The van der Waals surface area contributed by atoms with Crippen LogP contribution >= 0.6 is 0 Å². The van der Waals surface area contributed by atoms with Crippen molar-refractivity contribution in [3.05, 3.63) is 71.5 Å². The van der Waals surface area contributed by atoms with E-state index in [-0.39, 0.29) is 24.2 Å². The lowest BCUT2D eigenvalue weighted by Crippen LogP contribution is -2.42. The zero-order chi connectivity index (χ0) is 27.8. The third-order valence-corrected chi connectivity index (χ3v) is 6.26. The van der Waals surface area contributed by atoms with Gasteiger partial charge in [0.15, 0.2) is 0 Å². The summed E-state index contributed by atoms with van der Waals surface area (Å²) in [5.41, 5.74) is 2.92. The van der Waals surface area contributed by atoms with Gasteiger partial charge >= 0.3 is 6.09 Å². The van der Waals surface area contributed by atoms with E-state index in [0.717, 1.165) is 22.6 Å². The van der Waals surface area contributed by atoms with Crippen LogP contribution in [0.2, 0.25) is 0 Å². The van der Waals surface area contributed by atoms with Crippen molar-refractivity contribution in [3.8, 4) is 23.3 Å². The second kappa shape index (κ2) is 12.9. The molecule has 0 radical (unpaired) electrons. The van der Waals surface area contributed by atoms with Crippen LogP contribution in [0.1, 0.15) is 43.4 Å². The molecule has 0 atom stereocenters. The molecule has 10 heteroatoms. The molecule has 0 saturated carbocycles. The van der Waals surface area contributed by atoms with Gasteiger partial charge in [-0.05, 0) is 69.3 Å². The molecule has 206 valence electrons. The summed E-state index contributed by atoms with van der Waals surface area (Å²) in [5, 5.41) is 4.48. The highest BCUT2D eigenvalue weighted by Crippen LogP contribution is 2.27. The lowest BCUT2D eigenvalue weighted by molar-refractivity contribution is 0.0504. The Kier molecular flexibility index (Phi) is 9.19. The molecule has 0 N–H and O–H groups in total. The summed E-state index contributed by atoms with van der Waals surface area (Å²) in [6, 6.07) is 15.1. The third-order valence-electron chi connectivity index (χ3n) is 6.26. The first-order valence-corrected chi connectivity index (χ1v) is 12.9. The minimum absolute atomic E-state index is 0.0905. The van der Waals surface area contributed by atoms with Gasteiger partial charge in [-0.3, -0.25) is 0 Å². The minimum atomic E-state index is -0.292. The van der Waals surface area contributed by atoms with E-state index in [1.807, 2.05) is 69.3 Å². The number of oxime groups is 1. The van der Waals surface area contributed by atoms with E-state index in [4.69, 9.17) is 23.8 Å². The summed E-state index contributed by atoms with van der Waals surface area (Å²) in [6.07, 6.45) is 2.20. The predicted octanol–water partition coefficient (Wildman–Crippen LogP) is 5.02. The number of likely N-dealkylation sites (tertiary alicyclic amines) is 1. The fourth-order valence-electron chi connectivity index (χ4n) is 4.08. The van der Waals surface area contributed by atoms with Gasteiger partial charge in [-0.25, -0.2) is 9.78 Å². The van der Waals surface area contributed by atoms with Crippen LogP contribution in [0.4, 0.5) is 4.79 Å². The molecule has 0 bridgehead atoms. The Balaban J connectivity index is 1.50. The van der Waals surface area contributed by atoms with Crippen molar-refractivity contribution in [2.24, 2.45) is 5.16 Å². The number of nitrogens with zero attached hydrogens (tertiary/aromatic N) is 4. The maximum Gasteiger partial charge on any atom is 0.410 e. The molecule has 0 spiro atoms. The number of piperidine rings is 1. The van der Waals surface area contributed by atoms with Crippen LogP contribution in [-0.2, 0) is 4.74 Å². The molecule has 3 aromatic rings. The van der Waals surface area contributed by atoms with Crippen LogP contribution in [-0.4, -0.2) is 66.2 Å². The molecular weight excluding hydrogens is 500 g/mol. The maximum absolute atomic E-state index is 12.2. The van der Waals surface area contributed by atoms with Crippen LogP contribution in [0.25, 0.3) is 0 Å². The SMILES string of the molecule is COc1ccc(C(=NOc2ncnc(OC3CCN(C(=O)OC(C)C)CC3)c2C)c2ccc(OC)cc2)cc1. The first-order chi connectivity index (χ1) is 18.9. The number of carbonyl (C=O) groups is 1. The van der Waals surface area contributed by atoms with Crippen molar-refractivity contribution in [3.63, 3.8) is 0 Å². The van der Waals surface area contributed by atoms with E-state index in [1.165, 1.54) is 6.33 Å². The first-order valence-electron chi connectivity index (χ1n) is 12.9. The van der Waals surface area contributed by atoms with Crippen molar-refractivity contribution < 1.29 is 28.6 Å². The van der Waals surface area contributed by atoms with E-state index in [9.17, 15) is 4.79 Å². The molecule has 10 nitrogen and oxygen atoms in total. The van der Waals surface area contributed by atoms with E-state index in [0.29, 0.717) is 43.1 Å². The number of benzene rings is 2. The van der Waals surface area contributed by atoms with E-state index >= 15 is 0 Å². The van der Waals surface area contributed by atoms with Crippen LogP contribution < -0.4 is 19.0 Å². The summed E-state index contributed by atoms with van der Waals surface area (Å²) < 4.78 is 22.1. The van der Waals surface area contributed by atoms with E-state index in [2.05, 4.69) is 15.1 Å². The fraction of sp³-hybridized carbons (Fsp3) is 0.379. The Morgan fingerprint density at radius 1 is 0.897 bits per heavy atom. The molecule has 2 heterocycles. The Labute approximate surface area is 228 Å². The van der Waals surface area contributed by atoms with Gasteiger partial charge in [-0.1, -0.05) is 5.16 Å². The molecular formula is C29H34N4O6. The average molecular weight is 535 g/mol. The third kappa shape index (κ3) is 7.16. The van der Waals surface area contributed by atoms with Gasteiger partial charge in [-0.15, -0.1) is 0 Å². The van der Waals surface area contributed by atoms with E-state index in [1.54, 1.807) is 19.1 Å². The Morgan fingerprint density at radius 3 is 1.95 bits per heavy atom. The molecule has 0 aliphatic carbocycles. The molecule has 1 aromatic heterocycles. The van der Waals surface area contributed by atoms with Crippen molar-refractivity contribution >= 4 is 11.8 Å². The summed E-state index contributed by atoms with van der Waals surface area (Å²) in [4.78, 5) is 28.3. The molecule has 1 aliphatic heterocycles. The quantitative estimate of drug-likeness (QED) is 0.278. The highest BCUT2D eigenvalue weighted by atomic mass is 16.6. The monoisotopic (exact) mass is 534 g/mol. The molecule has 0 unspecified atom stereocenters. The second-order valence-corrected chi connectivity index (χ2v) is 9.33. The van der Waals surface area contributed by atoms with Crippen molar-refractivity contribution in [2.75, 3.05) is 27.3 Å².